The van der Waals surface area contributed by atoms with Crippen molar-refractivity contribution in [3.8, 4) is 0 Å². The van der Waals surface area contributed by atoms with Gasteiger partial charge in [0.1, 0.15) is 5.76 Å². The maximum Gasteiger partial charge on any atom is 0.373 e. The van der Waals surface area contributed by atoms with E-state index in [2.05, 4.69) is 15.0 Å². The largest absolute Gasteiger partial charge is 0.463 e. The van der Waals surface area contributed by atoms with Gasteiger partial charge in [0, 0.05) is 12.4 Å². The fourth-order valence-electron chi connectivity index (χ4n) is 1.68. The van der Waals surface area contributed by atoms with Gasteiger partial charge in [-0.2, -0.15) is 0 Å². The Balaban J connectivity index is 1.74. The predicted octanol–water partition coefficient (Wildman–Crippen LogP) is 1.79. The van der Waals surface area contributed by atoms with Crippen LogP contribution in [0.2, 0.25) is 0 Å². The summed E-state index contributed by atoms with van der Waals surface area (Å²) in [4.78, 5) is 15.2. The third-order valence-electron chi connectivity index (χ3n) is 2.69. The minimum Gasteiger partial charge on any atom is -0.463 e. The molecular formula is C14H16N2O3. The molecule has 0 aliphatic heterocycles. The van der Waals surface area contributed by atoms with Crippen LogP contribution in [0.15, 0.2) is 41.1 Å². The molecule has 0 radical (unpaired) electrons. The molecule has 5 nitrogen and oxygen atoms in total. The quantitative estimate of drug-likeness (QED) is 0.633. The second kappa shape index (κ2) is 6.70. The molecule has 2 rings (SSSR count). The van der Waals surface area contributed by atoms with Gasteiger partial charge in [0.25, 0.3) is 0 Å². The van der Waals surface area contributed by atoms with Crippen LogP contribution in [-0.2, 0) is 17.7 Å². The van der Waals surface area contributed by atoms with E-state index in [-0.39, 0.29) is 5.76 Å². The van der Waals surface area contributed by atoms with Gasteiger partial charge in [-0.3, -0.25) is 4.98 Å². The van der Waals surface area contributed by atoms with Gasteiger partial charge < -0.3 is 14.5 Å². The highest BCUT2D eigenvalue weighted by molar-refractivity contribution is 5.86. The van der Waals surface area contributed by atoms with Gasteiger partial charge >= 0.3 is 5.97 Å². The van der Waals surface area contributed by atoms with Crippen LogP contribution < -0.4 is 5.32 Å². The first-order valence-corrected chi connectivity index (χ1v) is 6.06. The lowest BCUT2D eigenvalue weighted by Crippen LogP contribution is -2.16. The summed E-state index contributed by atoms with van der Waals surface area (Å²) in [6.07, 6.45) is 4.49. The van der Waals surface area contributed by atoms with E-state index in [1.54, 1.807) is 24.5 Å². The molecule has 2 aromatic rings. The van der Waals surface area contributed by atoms with E-state index in [0.29, 0.717) is 6.54 Å². The Morgan fingerprint density at radius 1 is 1.32 bits per heavy atom. The number of hydrogen-bond donors (Lipinski definition) is 1. The zero-order chi connectivity index (χ0) is 13.5. The zero-order valence-corrected chi connectivity index (χ0v) is 10.8. The third kappa shape index (κ3) is 3.93. The first-order valence-electron chi connectivity index (χ1n) is 6.06. The van der Waals surface area contributed by atoms with E-state index in [1.807, 2.05) is 12.1 Å². The molecule has 1 N–H and O–H groups in total. The molecule has 0 aliphatic rings. The van der Waals surface area contributed by atoms with Crippen LogP contribution in [0.25, 0.3) is 0 Å². The summed E-state index contributed by atoms with van der Waals surface area (Å²) in [5.74, 6) is 0.492. The van der Waals surface area contributed by atoms with Crippen LogP contribution >= 0.6 is 0 Å². The number of carbonyl (C=O) groups excluding carboxylic acids is 1. The average molecular weight is 260 g/mol. The van der Waals surface area contributed by atoms with Crippen LogP contribution in [0.4, 0.5) is 0 Å². The average Bonchev–Trinajstić information content (AvgIpc) is 2.93. The van der Waals surface area contributed by atoms with E-state index in [4.69, 9.17) is 4.42 Å². The van der Waals surface area contributed by atoms with Crippen LogP contribution in [0.1, 0.15) is 21.9 Å². The van der Waals surface area contributed by atoms with Crippen molar-refractivity contribution in [2.75, 3.05) is 13.7 Å². The molecular weight excluding hydrogens is 244 g/mol. The normalized spacial score (nSPS) is 10.4. The van der Waals surface area contributed by atoms with Gasteiger partial charge in [-0.05, 0) is 42.8 Å². The molecule has 0 aromatic carbocycles. The monoisotopic (exact) mass is 260 g/mol. The van der Waals surface area contributed by atoms with Gasteiger partial charge in [0.15, 0.2) is 0 Å². The lowest BCUT2D eigenvalue weighted by atomic mass is 10.2. The van der Waals surface area contributed by atoms with E-state index in [0.717, 1.165) is 18.7 Å². The number of pyridine rings is 1. The van der Waals surface area contributed by atoms with Crippen molar-refractivity contribution in [1.82, 2.24) is 10.3 Å². The van der Waals surface area contributed by atoms with Crippen molar-refractivity contribution in [1.29, 1.82) is 0 Å². The SMILES string of the molecule is COC(=O)c1ccc(CNCCc2ccncc2)o1. The summed E-state index contributed by atoms with van der Waals surface area (Å²) in [5.41, 5.74) is 1.23. The number of hydrogen-bond acceptors (Lipinski definition) is 5. The molecule has 0 aliphatic carbocycles. The van der Waals surface area contributed by atoms with E-state index >= 15 is 0 Å². The van der Waals surface area contributed by atoms with Crippen molar-refractivity contribution in [2.45, 2.75) is 13.0 Å². The third-order valence-corrected chi connectivity index (χ3v) is 2.69. The Kier molecular flexibility index (Phi) is 4.69. The molecule has 0 saturated heterocycles. The molecule has 2 aromatic heterocycles. The van der Waals surface area contributed by atoms with Crippen LogP contribution in [0, 0.1) is 0 Å². The number of esters is 1. The van der Waals surface area contributed by atoms with E-state index < -0.39 is 5.97 Å². The minimum absolute atomic E-state index is 0.230. The molecule has 0 bridgehead atoms. The second-order valence-electron chi connectivity index (χ2n) is 4.04. The number of carbonyl (C=O) groups is 1. The van der Waals surface area contributed by atoms with Crippen LogP contribution in [0.5, 0.6) is 0 Å². The molecule has 0 unspecified atom stereocenters. The van der Waals surface area contributed by atoms with Crippen molar-refractivity contribution in [3.05, 3.63) is 53.7 Å². The Morgan fingerprint density at radius 3 is 2.84 bits per heavy atom. The molecule has 0 spiro atoms. The van der Waals surface area contributed by atoms with Crippen LogP contribution in [0.3, 0.4) is 0 Å². The number of rotatable bonds is 6. The molecule has 0 amide bonds. The summed E-state index contributed by atoms with van der Waals surface area (Å²) in [6, 6.07) is 7.37. The van der Waals surface area contributed by atoms with Crippen LogP contribution in [-0.4, -0.2) is 24.6 Å². The number of aromatic nitrogens is 1. The number of nitrogens with zero attached hydrogens (tertiary/aromatic N) is 1. The van der Waals surface area contributed by atoms with E-state index in [1.165, 1.54) is 12.7 Å². The number of furan rings is 1. The lowest BCUT2D eigenvalue weighted by molar-refractivity contribution is 0.0563. The predicted molar refractivity (Wildman–Crippen MR) is 69.7 cm³/mol. The standard InChI is InChI=1S/C14H16N2O3/c1-18-14(17)13-3-2-12(19-13)10-16-9-6-11-4-7-15-8-5-11/h2-5,7-8,16H,6,9-10H2,1H3. The maximum atomic E-state index is 11.2. The molecule has 0 saturated carbocycles. The van der Waals surface area contributed by atoms with Gasteiger partial charge in [-0.15, -0.1) is 0 Å². The summed E-state index contributed by atoms with van der Waals surface area (Å²) in [6.45, 7) is 1.42. The highest BCUT2D eigenvalue weighted by atomic mass is 16.5. The highest BCUT2D eigenvalue weighted by Crippen LogP contribution is 2.08. The molecule has 0 atom stereocenters. The fraction of sp³-hybridized carbons (Fsp3) is 0.286. The Labute approximate surface area is 111 Å². The van der Waals surface area contributed by atoms with Gasteiger partial charge in [-0.25, -0.2) is 4.79 Å². The summed E-state index contributed by atoms with van der Waals surface area (Å²) >= 11 is 0. The van der Waals surface area contributed by atoms with Gasteiger partial charge in [-0.1, -0.05) is 0 Å². The Morgan fingerprint density at radius 2 is 2.11 bits per heavy atom. The minimum atomic E-state index is -0.456. The topological polar surface area (TPSA) is 64.4 Å². The Bertz CT molecular complexity index is 522. The first-order chi connectivity index (χ1) is 9.29. The second-order valence-corrected chi connectivity index (χ2v) is 4.04. The number of nitrogens with one attached hydrogen (secondary N) is 1. The highest BCUT2D eigenvalue weighted by Gasteiger charge is 2.10. The maximum absolute atomic E-state index is 11.2. The summed E-state index contributed by atoms with van der Waals surface area (Å²) in [5, 5.41) is 3.25. The zero-order valence-electron chi connectivity index (χ0n) is 10.8. The van der Waals surface area contributed by atoms with Crippen molar-refractivity contribution in [3.63, 3.8) is 0 Å². The summed E-state index contributed by atoms with van der Waals surface area (Å²) < 4.78 is 9.92. The molecule has 19 heavy (non-hydrogen) atoms. The smallest absolute Gasteiger partial charge is 0.373 e. The van der Waals surface area contributed by atoms with Gasteiger partial charge in [0.2, 0.25) is 5.76 Å². The molecule has 5 heteroatoms. The van der Waals surface area contributed by atoms with Gasteiger partial charge in [0.05, 0.1) is 13.7 Å². The van der Waals surface area contributed by atoms with Crippen molar-refractivity contribution in [2.24, 2.45) is 0 Å². The van der Waals surface area contributed by atoms with Crippen molar-refractivity contribution >= 4 is 5.97 Å². The molecule has 100 valence electrons. The number of methoxy groups -OCH3 is 1. The summed E-state index contributed by atoms with van der Waals surface area (Å²) in [7, 11) is 1.33. The Hall–Kier alpha value is -2.14. The first kappa shape index (κ1) is 13.3. The fourth-order valence-corrected chi connectivity index (χ4v) is 1.68. The molecule has 2 heterocycles. The molecule has 0 fully saturated rings. The van der Waals surface area contributed by atoms with Crippen molar-refractivity contribution < 1.29 is 13.9 Å². The van der Waals surface area contributed by atoms with E-state index in [9.17, 15) is 4.79 Å². The number of ether oxygens (including phenoxy) is 1. The lowest BCUT2D eigenvalue weighted by Gasteiger charge is -2.02.